The number of benzene rings is 3. The Morgan fingerprint density at radius 2 is 1.39 bits per heavy atom. The van der Waals surface area contributed by atoms with E-state index in [4.69, 9.17) is 33.2 Å². The predicted molar refractivity (Wildman–Crippen MR) is 130 cm³/mol. The smallest absolute Gasteiger partial charge is 0.340 e. The molecule has 3 aromatic rings. The van der Waals surface area contributed by atoms with E-state index in [-0.39, 0.29) is 59.0 Å². The van der Waals surface area contributed by atoms with Crippen molar-refractivity contribution in [1.82, 2.24) is 0 Å². The third kappa shape index (κ3) is 4.24. The summed E-state index contributed by atoms with van der Waals surface area (Å²) >= 11 is 0. The zero-order valence-corrected chi connectivity index (χ0v) is 21.2. The molecular weight excluding hydrogens is 502 g/mol. The highest BCUT2D eigenvalue weighted by Crippen LogP contribution is 2.57. The van der Waals surface area contributed by atoms with Gasteiger partial charge in [0.05, 0.1) is 22.8 Å². The number of fused-ring (bicyclic) bond motifs is 6. The van der Waals surface area contributed by atoms with Gasteiger partial charge >= 0.3 is 5.97 Å². The molecule has 0 aromatic heterocycles. The Morgan fingerprint density at radius 1 is 0.816 bits per heavy atom. The van der Waals surface area contributed by atoms with Crippen molar-refractivity contribution in [3.8, 4) is 23.0 Å². The van der Waals surface area contributed by atoms with Gasteiger partial charge in [0.25, 0.3) is 0 Å². The molecular formula is C28H26F2O8. The first-order valence-electron chi connectivity index (χ1n) is 11.8. The van der Waals surface area contributed by atoms with Crippen LogP contribution in [0.5, 0.6) is 23.0 Å². The monoisotopic (exact) mass is 528 g/mol. The zero-order chi connectivity index (χ0) is 27.0. The second-order valence-corrected chi connectivity index (χ2v) is 8.85. The van der Waals surface area contributed by atoms with Crippen LogP contribution in [0, 0.1) is 11.6 Å². The average Bonchev–Trinajstić information content (AvgIpc) is 3.22. The normalized spacial score (nSPS) is 17.9. The first-order chi connectivity index (χ1) is 18.3. The van der Waals surface area contributed by atoms with Crippen molar-refractivity contribution in [3.05, 3.63) is 82.4 Å². The number of hydrogen-bond acceptors (Lipinski definition) is 8. The summed E-state index contributed by atoms with van der Waals surface area (Å²) in [7, 11) is 4.39. The van der Waals surface area contributed by atoms with Gasteiger partial charge in [-0.3, -0.25) is 0 Å². The minimum Gasteiger partial charge on any atom is -0.488 e. The first-order valence-corrected chi connectivity index (χ1v) is 11.8. The van der Waals surface area contributed by atoms with Crippen molar-refractivity contribution in [3.63, 3.8) is 0 Å². The van der Waals surface area contributed by atoms with Crippen molar-refractivity contribution in [1.29, 1.82) is 0 Å². The van der Waals surface area contributed by atoms with Gasteiger partial charge < -0.3 is 33.2 Å². The number of carbonyl (C=O) groups excluding carboxylic acids is 1. The molecule has 38 heavy (non-hydrogen) atoms. The maximum absolute atomic E-state index is 15.4. The van der Waals surface area contributed by atoms with Crippen LogP contribution in [0.15, 0.2) is 48.5 Å². The predicted octanol–water partition coefficient (Wildman–Crippen LogP) is 4.94. The molecule has 0 aliphatic carbocycles. The number of rotatable bonds is 9. The fourth-order valence-corrected chi connectivity index (χ4v) is 4.56. The van der Waals surface area contributed by atoms with Gasteiger partial charge in [-0.05, 0) is 25.1 Å². The number of hydrogen-bond donors (Lipinski definition) is 0. The Labute approximate surface area is 217 Å². The highest BCUT2D eigenvalue weighted by atomic mass is 19.1. The van der Waals surface area contributed by atoms with E-state index in [0.29, 0.717) is 5.56 Å². The van der Waals surface area contributed by atoms with Crippen molar-refractivity contribution >= 4 is 5.97 Å². The molecule has 2 heterocycles. The maximum Gasteiger partial charge on any atom is 0.340 e. The summed E-state index contributed by atoms with van der Waals surface area (Å²) in [6.07, 6.45) is -1.01. The van der Waals surface area contributed by atoms with E-state index in [1.54, 1.807) is 31.2 Å². The number of carbonyl (C=O) groups is 1. The first kappa shape index (κ1) is 25.9. The molecule has 2 aliphatic heterocycles. The van der Waals surface area contributed by atoms with E-state index in [9.17, 15) is 4.79 Å². The molecule has 0 bridgehead atoms. The van der Waals surface area contributed by atoms with Crippen LogP contribution in [0.4, 0.5) is 8.78 Å². The van der Waals surface area contributed by atoms with Gasteiger partial charge in [-0.2, -0.15) is 0 Å². The Balaban J connectivity index is 1.66. The summed E-state index contributed by atoms with van der Waals surface area (Å²) in [4.78, 5) is 13.0. The minimum atomic E-state index is -1.66. The number of esters is 1. The summed E-state index contributed by atoms with van der Waals surface area (Å²) in [6, 6.07) is 11.8. The van der Waals surface area contributed by atoms with Crippen LogP contribution in [0.2, 0.25) is 0 Å². The van der Waals surface area contributed by atoms with Crippen LogP contribution < -0.4 is 14.2 Å². The lowest BCUT2D eigenvalue weighted by Crippen LogP contribution is -2.33. The van der Waals surface area contributed by atoms with Crippen molar-refractivity contribution in [2.75, 3.05) is 34.5 Å². The van der Waals surface area contributed by atoms with Gasteiger partial charge in [-0.25, -0.2) is 13.6 Å². The molecule has 0 N–H and O–H groups in total. The van der Waals surface area contributed by atoms with Crippen molar-refractivity contribution in [2.45, 2.75) is 24.9 Å². The fraction of sp³-hybridized carbons (Fsp3) is 0.321. The second kappa shape index (κ2) is 10.2. The van der Waals surface area contributed by atoms with E-state index < -0.39 is 29.5 Å². The van der Waals surface area contributed by atoms with Crippen LogP contribution in [-0.4, -0.2) is 52.9 Å². The maximum atomic E-state index is 15.4. The lowest BCUT2D eigenvalue weighted by Gasteiger charge is -2.37. The van der Waals surface area contributed by atoms with Crippen LogP contribution in [0.1, 0.15) is 34.0 Å². The van der Waals surface area contributed by atoms with E-state index in [2.05, 4.69) is 0 Å². The Kier molecular flexibility index (Phi) is 6.95. The van der Waals surface area contributed by atoms with Gasteiger partial charge in [-0.1, -0.05) is 18.2 Å². The van der Waals surface area contributed by atoms with Crippen LogP contribution in [-0.2, 0) is 24.5 Å². The molecule has 2 atom stereocenters. The quantitative estimate of drug-likeness (QED) is 0.285. The van der Waals surface area contributed by atoms with Gasteiger partial charge in [0.15, 0.2) is 35.0 Å². The molecule has 3 aromatic carbocycles. The summed E-state index contributed by atoms with van der Waals surface area (Å²) in [5.74, 6) is -1.95. The number of ether oxygens (including phenoxy) is 7. The lowest BCUT2D eigenvalue weighted by molar-refractivity contribution is -0.122. The van der Waals surface area contributed by atoms with E-state index in [1.165, 1.54) is 45.6 Å². The molecule has 0 radical (unpaired) electrons. The molecule has 8 nitrogen and oxygen atoms in total. The number of halogens is 2. The van der Waals surface area contributed by atoms with Crippen molar-refractivity contribution < 1.29 is 46.7 Å². The second-order valence-electron chi connectivity index (χ2n) is 8.85. The molecule has 5 rings (SSSR count). The van der Waals surface area contributed by atoms with Crippen LogP contribution in [0.25, 0.3) is 0 Å². The third-order valence-electron chi connectivity index (χ3n) is 6.60. The SMILES string of the molecule is COC(C)COc1cc2c(cc1F)C1(OC(=O)c3ccccc31)c1cc(F)c(OCC(OC)OC)cc1O2. The fourth-order valence-electron chi connectivity index (χ4n) is 4.56. The van der Waals surface area contributed by atoms with Crippen molar-refractivity contribution in [2.24, 2.45) is 0 Å². The molecule has 2 aliphatic rings. The highest BCUT2D eigenvalue weighted by Gasteiger charge is 2.54. The largest absolute Gasteiger partial charge is 0.488 e. The molecule has 0 fully saturated rings. The zero-order valence-electron chi connectivity index (χ0n) is 21.2. The van der Waals surface area contributed by atoms with E-state index in [1.807, 2.05) is 0 Å². The molecule has 10 heteroatoms. The molecule has 0 saturated carbocycles. The molecule has 0 amide bonds. The summed E-state index contributed by atoms with van der Waals surface area (Å²) in [5.41, 5.74) is -0.561. The van der Waals surface area contributed by atoms with Crippen LogP contribution in [0.3, 0.4) is 0 Å². The Hall–Kier alpha value is -3.73. The Bertz CT molecular complexity index is 1370. The molecule has 0 saturated heterocycles. The molecule has 2 unspecified atom stereocenters. The van der Waals surface area contributed by atoms with Crippen LogP contribution >= 0.6 is 0 Å². The van der Waals surface area contributed by atoms with Gasteiger partial charge in [0, 0.05) is 39.0 Å². The topological polar surface area (TPSA) is 81.7 Å². The van der Waals surface area contributed by atoms with E-state index >= 15 is 8.78 Å². The lowest BCUT2D eigenvalue weighted by atomic mass is 9.77. The molecule has 1 spiro atoms. The van der Waals surface area contributed by atoms with Gasteiger partial charge in [0.2, 0.25) is 0 Å². The summed E-state index contributed by atoms with van der Waals surface area (Å²) < 4.78 is 69.4. The van der Waals surface area contributed by atoms with Gasteiger partial charge in [-0.15, -0.1) is 0 Å². The standard InChI is InChI=1S/C28H26F2O8/c1-15(32-2)13-35-24-11-22-18(9-20(24)29)28(17-8-6-5-7-16(17)27(31)38-28)19-10-21(30)25(12-23(19)37-22)36-14-26(33-3)34-4/h5-12,15,26H,13-14H2,1-4H3. The average molecular weight is 529 g/mol. The Morgan fingerprint density at radius 3 is 1.97 bits per heavy atom. The molecule has 200 valence electrons. The third-order valence-corrected chi connectivity index (χ3v) is 6.60. The summed E-state index contributed by atoms with van der Waals surface area (Å²) in [6.45, 7) is 1.78. The highest BCUT2D eigenvalue weighted by molar-refractivity contribution is 5.97. The summed E-state index contributed by atoms with van der Waals surface area (Å²) in [5, 5.41) is 0. The van der Waals surface area contributed by atoms with Gasteiger partial charge in [0.1, 0.15) is 24.7 Å². The minimum absolute atomic E-state index is 0.0783. The number of methoxy groups -OCH3 is 3. The van der Waals surface area contributed by atoms with E-state index in [0.717, 1.165) is 0 Å².